The van der Waals surface area contributed by atoms with Gasteiger partial charge in [0, 0.05) is 32.2 Å². The summed E-state index contributed by atoms with van der Waals surface area (Å²) in [6.07, 6.45) is 1.85. The number of hydrogen-bond donors (Lipinski definition) is 1. The molecule has 0 spiro atoms. The van der Waals surface area contributed by atoms with Crippen molar-refractivity contribution in [3.05, 3.63) is 62.3 Å². The Hall–Kier alpha value is -2.85. The third-order valence-corrected chi connectivity index (χ3v) is 4.63. The van der Waals surface area contributed by atoms with E-state index in [1.165, 1.54) is 13.1 Å². The minimum Gasteiger partial charge on any atom is -0.356 e. The van der Waals surface area contributed by atoms with Crippen LogP contribution in [-0.2, 0) is 13.6 Å². The molecule has 1 atom stereocenters. The molecule has 2 heterocycles. The molecule has 0 amide bonds. The van der Waals surface area contributed by atoms with Crippen LogP contribution < -0.4 is 21.9 Å². The summed E-state index contributed by atoms with van der Waals surface area (Å²) in [5.74, 6) is 0.566. The maximum atomic E-state index is 12.7. The zero-order valence-electron chi connectivity index (χ0n) is 14.2. The van der Waals surface area contributed by atoms with Crippen LogP contribution in [0, 0.1) is 11.3 Å². The molecule has 1 aromatic carbocycles. The molecule has 1 unspecified atom stereocenters. The second-order valence-electron chi connectivity index (χ2n) is 6.39. The summed E-state index contributed by atoms with van der Waals surface area (Å²) in [4.78, 5) is 26.9. The number of hydrogen-bond acceptors (Lipinski definition) is 5. The van der Waals surface area contributed by atoms with Crippen LogP contribution in [0.2, 0.25) is 0 Å². The summed E-state index contributed by atoms with van der Waals surface area (Å²) >= 11 is 0. The molecule has 1 saturated heterocycles. The Morgan fingerprint density at radius 3 is 2.73 bits per heavy atom. The topological polar surface area (TPSA) is 97.1 Å². The van der Waals surface area contributed by atoms with Gasteiger partial charge in [0.2, 0.25) is 0 Å². The van der Waals surface area contributed by atoms with Gasteiger partial charge in [0.1, 0.15) is 5.82 Å². The highest BCUT2D eigenvalue weighted by Crippen LogP contribution is 2.19. The second-order valence-corrected chi connectivity index (χ2v) is 6.39. The molecule has 1 aliphatic rings. The molecule has 0 aliphatic carbocycles. The van der Waals surface area contributed by atoms with Gasteiger partial charge in [-0.15, -0.1) is 0 Å². The maximum Gasteiger partial charge on any atom is 0.332 e. The molecule has 7 nitrogen and oxygen atoms in total. The predicted octanol–water partition coefficient (Wildman–Crippen LogP) is 1.03. The Balaban J connectivity index is 0.00000243. The number of aromatic nitrogens is 2. The van der Waals surface area contributed by atoms with Crippen molar-refractivity contribution < 1.29 is 0 Å². The first-order chi connectivity index (χ1) is 12.0. The number of benzene rings is 1. The summed E-state index contributed by atoms with van der Waals surface area (Å²) in [6, 6.07) is 10.8. The lowest BCUT2D eigenvalue weighted by molar-refractivity contribution is 0.491. The van der Waals surface area contributed by atoms with Gasteiger partial charge in [0.25, 0.3) is 5.56 Å². The molecule has 1 fully saturated rings. The fourth-order valence-electron chi connectivity index (χ4n) is 3.22. The quantitative estimate of drug-likeness (QED) is 0.887. The van der Waals surface area contributed by atoms with Crippen LogP contribution in [0.5, 0.6) is 0 Å². The van der Waals surface area contributed by atoms with E-state index >= 15 is 0 Å². The molecule has 138 valence electrons. The number of nitriles is 1. The molecule has 0 bridgehead atoms. The average molecular weight is 355 g/mol. The third kappa shape index (κ3) is 3.70. The highest BCUT2D eigenvalue weighted by molar-refractivity contribution is 5.42. The van der Waals surface area contributed by atoms with Crippen LogP contribution >= 0.6 is 0 Å². The summed E-state index contributed by atoms with van der Waals surface area (Å²) < 4.78 is 2.64. The lowest BCUT2D eigenvalue weighted by Gasteiger charge is -2.34. The van der Waals surface area contributed by atoms with Crippen molar-refractivity contribution in [1.29, 1.82) is 5.26 Å². The van der Waals surface area contributed by atoms with Crippen LogP contribution in [0.3, 0.4) is 0 Å². The second kappa shape index (κ2) is 8.02. The lowest BCUT2D eigenvalue weighted by atomic mass is 10.1. The third-order valence-electron chi connectivity index (χ3n) is 4.63. The zero-order valence-corrected chi connectivity index (χ0v) is 14.2. The molecule has 1 aromatic heterocycles. The van der Waals surface area contributed by atoms with Crippen LogP contribution in [0.15, 0.2) is 39.9 Å². The van der Waals surface area contributed by atoms with Gasteiger partial charge in [-0.25, -0.2) is 4.79 Å². The molecular weight excluding hydrogens is 330 g/mol. The van der Waals surface area contributed by atoms with Gasteiger partial charge in [-0.2, -0.15) is 5.26 Å². The SMILES string of the molecule is C.Cn1c(=O)cc(N2CCCC(N)C2)n(Cc2ccccc2C#N)c1=O. The Labute approximate surface area is 152 Å². The van der Waals surface area contributed by atoms with Gasteiger partial charge in [0.05, 0.1) is 18.2 Å². The van der Waals surface area contributed by atoms with E-state index < -0.39 is 5.69 Å². The van der Waals surface area contributed by atoms with Crippen molar-refractivity contribution >= 4 is 5.82 Å². The van der Waals surface area contributed by atoms with E-state index in [2.05, 4.69) is 6.07 Å². The summed E-state index contributed by atoms with van der Waals surface area (Å²) in [6.45, 7) is 1.59. The molecule has 0 saturated carbocycles. The van der Waals surface area contributed by atoms with E-state index in [0.29, 0.717) is 17.9 Å². The smallest absolute Gasteiger partial charge is 0.332 e. The van der Waals surface area contributed by atoms with Crippen LogP contribution in [-0.4, -0.2) is 28.3 Å². The number of piperidine rings is 1. The summed E-state index contributed by atoms with van der Waals surface area (Å²) in [5.41, 5.74) is 6.59. The number of nitrogens with zero attached hydrogens (tertiary/aromatic N) is 4. The van der Waals surface area contributed by atoms with E-state index in [-0.39, 0.29) is 25.6 Å². The Kier molecular flexibility index (Phi) is 6.01. The zero-order chi connectivity index (χ0) is 18.0. The van der Waals surface area contributed by atoms with Crippen LogP contribution in [0.25, 0.3) is 0 Å². The maximum absolute atomic E-state index is 12.7. The molecule has 2 aromatic rings. The minimum atomic E-state index is -0.394. The largest absolute Gasteiger partial charge is 0.356 e. The monoisotopic (exact) mass is 355 g/mol. The van der Waals surface area contributed by atoms with E-state index in [4.69, 9.17) is 5.73 Å². The van der Waals surface area contributed by atoms with E-state index in [9.17, 15) is 14.9 Å². The predicted molar refractivity (Wildman–Crippen MR) is 102 cm³/mol. The molecule has 2 N–H and O–H groups in total. The first-order valence-electron chi connectivity index (χ1n) is 8.30. The van der Waals surface area contributed by atoms with Gasteiger partial charge in [0.15, 0.2) is 0 Å². The van der Waals surface area contributed by atoms with Gasteiger partial charge >= 0.3 is 5.69 Å². The van der Waals surface area contributed by atoms with Crippen molar-refractivity contribution in [2.24, 2.45) is 12.8 Å². The minimum absolute atomic E-state index is 0. The lowest BCUT2D eigenvalue weighted by Crippen LogP contribution is -2.47. The van der Waals surface area contributed by atoms with Crippen molar-refractivity contribution in [3.63, 3.8) is 0 Å². The van der Waals surface area contributed by atoms with Crippen molar-refractivity contribution in [3.8, 4) is 6.07 Å². The van der Waals surface area contributed by atoms with Crippen LogP contribution in [0.4, 0.5) is 5.82 Å². The molecular formula is C19H25N5O2. The van der Waals surface area contributed by atoms with Crippen molar-refractivity contribution in [2.45, 2.75) is 32.9 Å². The molecule has 0 radical (unpaired) electrons. The normalized spacial score (nSPS) is 16.7. The van der Waals surface area contributed by atoms with E-state index in [1.807, 2.05) is 17.0 Å². The summed E-state index contributed by atoms with van der Waals surface area (Å²) in [5, 5.41) is 9.30. The van der Waals surface area contributed by atoms with Gasteiger partial charge in [-0.05, 0) is 24.5 Å². The van der Waals surface area contributed by atoms with E-state index in [1.54, 1.807) is 16.7 Å². The van der Waals surface area contributed by atoms with Gasteiger partial charge in [-0.3, -0.25) is 13.9 Å². The number of nitrogens with two attached hydrogens (primary N) is 1. The van der Waals surface area contributed by atoms with Gasteiger partial charge in [-0.1, -0.05) is 25.6 Å². The Morgan fingerprint density at radius 1 is 1.31 bits per heavy atom. The van der Waals surface area contributed by atoms with Crippen molar-refractivity contribution in [2.75, 3.05) is 18.0 Å². The highest BCUT2D eigenvalue weighted by Gasteiger charge is 2.22. The van der Waals surface area contributed by atoms with E-state index in [0.717, 1.165) is 29.5 Å². The molecule has 26 heavy (non-hydrogen) atoms. The number of rotatable bonds is 3. The molecule has 3 rings (SSSR count). The Morgan fingerprint density at radius 2 is 2.04 bits per heavy atom. The molecule has 1 aliphatic heterocycles. The highest BCUT2D eigenvalue weighted by atomic mass is 16.2. The standard InChI is InChI=1S/C18H21N5O2.CH4/c1-21-17(24)9-16(22-8-4-7-15(20)12-22)23(18(21)25)11-14-6-3-2-5-13(14)10-19;/h2-3,5-6,9,15H,4,7-8,11-12,20H2,1H3;1H4. The first-order valence-corrected chi connectivity index (χ1v) is 8.30. The first kappa shape index (κ1) is 19.5. The number of anilines is 1. The fraction of sp³-hybridized carbons (Fsp3) is 0.421. The van der Waals surface area contributed by atoms with Gasteiger partial charge < -0.3 is 10.6 Å². The fourth-order valence-corrected chi connectivity index (χ4v) is 3.22. The van der Waals surface area contributed by atoms with Crippen LogP contribution in [0.1, 0.15) is 31.4 Å². The Bertz CT molecular complexity index is 938. The van der Waals surface area contributed by atoms with Crippen molar-refractivity contribution in [1.82, 2.24) is 9.13 Å². The summed E-state index contributed by atoms with van der Waals surface area (Å²) in [7, 11) is 1.46. The average Bonchev–Trinajstić information content (AvgIpc) is 2.62. The molecule has 7 heteroatoms.